The summed E-state index contributed by atoms with van der Waals surface area (Å²) >= 11 is 0. The van der Waals surface area contributed by atoms with Crippen molar-refractivity contribution in [1.29, 1.82) is 0 Å². The van der Waals surface area contributed by atoms with Crippen molar-refractivity contribution in [2.24, 2.45) is 0 Å². The van der Waals surface area contributed by atoms with Crippen LogP contribution in [-0.2, 0) is 17.7 Å². The third-order valence-electron chi connectivity index (χ3n) is 6.69. The van der Waals surface area contributed by atoms with Gasteiger partial charge in [0.1, 0.15) is 0 Å². The van der Waals surface area contributed by atoms with E-state index < -0.39 is 5.97 Å². The Morgan fingerprint density at radius 1 is 0.944 bits per heavy atom. The number of benzene rings is 3. The average Bonchev–Trinajstić information content (AvgIpc) is 3.30. The van der Waals surface area contributed by atoms with Crippen molar-refractivity contribution in [2.75, 3.05) is 13.7 Å². The van der Waals surface area contributed by atoms with E-state index in [-0.39, 0.29) is 17.2 Å². The van der Waals surface area contributed by atoms with Crippen LogP contribution in [0, 0.1) is 0 Å². The number of H-pyrrole nitrogens is 1. The smallest absolute Gasteiger partial charge is 0.337 e. The van der Waals surface area contributed by atoms with Crippen LogP contribution in [-0.4, -0.2) is 45.2 Å². The van der Waals surface area contributed by atoms with Crippen LogP contribution in [0.1, 0.15) is 32.1 Å². The van der Waals surface area contributed by atoms with Gasteiger partial charge in [0, 0.05) is 47.1 Å². The number of hydrogen-bond acceptors (Lipinski definition) is 5. The molecule has 0 aliphatic carbocycles. The molecule has 0 radical (unpaired) electrons. The van der Waals surface area contributed by atoms with Crippen molar-refractivity contribution in [3.63, 3.8) is 0 Å². The summed E-state index contributed by atoms with van der Waals surface area (Å²) in [7, 11) is 1.35. The second-order valence-electron chi connectivity index (χ2n) is 8.76. The topological polar surface area (TPSA) is 97.3 Å². The number of hydrogen-bond donors (Lipinski definition) is 1. The molecule has 3 aromatic carbocycles. The van der Waals surface area contributed by atoms with Gasteiger partial charge in [-0.15, -0.1) is 0 Å². The van der Waals surface area contributed by atoms with Gasteiger partial charge >= 0.3 is 5.97 Å². The van der Waals surface area contributed by atoms with Gasteiger partial charge in [-0.05, 0) is 36.4 Å². The minimum atomic E-state index is -0.408. The number of para-hydroxylation sites is 1. The van der Waals surface area contributed by atoms with Crippen LogP contribution >= 0.6 is 0 Å². The zero-order chi connectivity index (χ0) is 24.8. The maximum Gasteiger partial charge on any atom is 0.337 e. The molecule has 0 saturated carbocycles. The van der Waals surface area contributed by atoms with Gasteiger partial charge in [0.2, 0.25) is 0 Å². The summed E-state index contributed by atoms with van der Waals surface area (Å²) in [6.07, 6.45) is 0.638. The highest BCUT2D eigenvalue weighted by molar-refractivity contribution is 6.05. The van der Waals surface area contributed by atoms with Gasteiger partial charge in [-0.25, -0.2) is 4.79 Å². The molecule has 36 heavy (non-hydrogen) atoms. The molecular weight excluding hydrogens is 456 g/mol. The Morgan fingerprint density at radius 2 is 1.69 bits per heavy atom. The summed E-state index contributed by atoms with van der Waals surface area (Å²) in [6.45, 7) is 0.863. The molecule has 1 aliphatic heterocycles. The lowest BCUT2D eigenvalue weighted by Gasteiger charge is -2.27. The molecule has 3 heterocycles. The highest BCUT2D eigenvalue weighted by atomic mass is 16.5. The Morgan fingerprint density at radius 3 is 2.47 bits per heavy atom. The SMILES string of the molecule is COC(=O)c1ccc2[nH]c3c(c2c1)CN(C(=O)c1nn(-c2ccccc2)c(=O)c2ccccc12)CC3. The molecule has 8 heteroatoms. The van der Waals surface area contributed by atoms with E-state index in [9.17, 15) is 14.4 Å². The molecular formula is C28H22N4O4. The number of nitrogens with zero attached hydrogens (tertiary/aromatic N) is 3. The highest BCUT2D eigenvalue weighted by Gasteiger charge is 2.28. The van der Waals surface area contributed by atoms with Crippen LogP contribution < -0.4 is 5.56 Å². The fourth-order valence-corrected chi connectivity index (χ4v) is 4.87. The van der Waals surface area contributed by atoms with Crippen LogP contribution in [0.15, 0.2) is 77.6 Å². The summed E-state index contributed by atoms with van der Waals surface area (Å²) in [4.78, 5) is 44.3. The summed E-state index contributed by atoms with van der Waals surface area (Å²) in [5, 5.41) is 6.39. The van der Waals surface area contributed by atoms with Crippen molar-refractivity contribution in [3.8, 4) is 5.69 Å². The fraction of sp³-hybridized carbons (Fsp3) is 0.143. The molecule has 1 N–H and O–H groups in total. The normalized spacial score (nSPS) is 13.1. The molecule has 0 fully saturated rings. The van der Waals surface area contributed by atoms with E-state index in [1.54, 1.807) is 53.4 Å². The van der Waals surface area contributed by atoms with Crippen molar-refractivity contribution in [2.45, 2.75) is 13.0 Å². The third-order valence-corrected chi connectivity index (χ3v) is 6.69. The number of amides is 1. The molecule has 5 aromatic rings. The number of methoxy groups -OCH3 is 1. The van der Waals surface area contributed by atoms with E-state index in [0.29, 0.717) is 41.5 Å². The van der Waals surface area contributed by atoms with Crippen LogP contribution in [0.3, 0.4) is 0 Å². The number of aromatic nitrogens is 3. The summed E-state index contributed by atoms with van der Waals surface area (Å²) in [5.74, 6) is -0.658. The van der Waals surface area contributed by atoms with Gasteiger partial charge in [0.15, 0.2) is 5.69 Å². The van der Waals surface area contributed by atoms with Crippen LogP contribution in [0.2, 0.25) is 0 Å². The molecule has 0 unspecified atom stereocenters. The first kappa shape index (κ1) is 21.8. The van der Waals surface area contributed by atoms with Crippen LogP contribution in [0.4, 0.5) is 0 Å². The van der Waals surface area contributed by atoms with Crippen molar-refractivity contribution >= 4 is 33.6 Å². The largest absolute Gasteiger partial charge is 0.465 e. The number of esters is 1. The van der Waals surface area contributed by atoms with Gasteiger partial charge in [-0.1, -0.05) is 36.4 Å². The molecule has 0 bridgehead atoms. The molecule has 1 aliphatic rings. The zero-order valence-electron chi connectivity index (χ0n) is 19.5. The minimum Gasteiger partial charge on any atom is -0.465 e. The molecule has 6 rings (SSSR count). The maximum atomic E-state index is 13.9. The lowest BCUT2D eigenvalue weighted by atomic mass is 10.0. The number of carbonyl (C=O) groups excluding carboxylic acids is 2. The molecule has 8 nitrogen and oxygen atoms in total. The second kappa shape index (κ2) is 8.49. The van der Waals surface area contributed by atoms with Gasteiger partial charge in [0.25, 0.3) is 11.5 Å². The Labute approximate surface area is 205 Å². The quantitative estimate of drug-likeness (QED) is 0.397. The molecule has 178 valence electrons. The van der Waals surface area contributed by atoms with E-state index in [0.717, 1.165) is 22.2 Å². The number of nitrogens with one attached hydrogen (secondary N) is 1. The lowest BCUT2D eigenvalue weighted by Crippen LogP contribution is -2.37. The Hall–Kier alpha value is -4.72. The van der Waals surface area contributed by atoms with Gasteiger partial charge in [-0.2, -0.15) is 9.78 Å². The van der Waals surface area contributed by atoms with Crippen LogP contribution in [0.25, 0.3) is 27.4 Å². The Balaban J connectivity index is 1.44. The first-order chi connectivity index (χ1) is 17.5. The van der Waals surface area contributed by atoms with E-state index >= 15 is 0 Å². The molecule has 1 amide bonds. The number of fused-ring (bicyclic) bond motifs is 4. The van der Waals surface area contributed by atoms with Gasteiger partial charge in [0.05, 0.1) is 23.7 Å². The van der Waals surface area contributed by atoms with E-state index in [4.69, 9.17) is 4.74 Å². The van der Waals surface area contributed by atoms with E-state index in [1.807, 2.05) is 24.3 Å². The van der Waals surface area contributed by atoms with E-state index in [2.05, 4.69) is 10.1 Å². The lowest BCUT2D eigenvalue weighted by molar-refractivity contribution is 0.0600. The molecule has 0 atom stereocenters. The number of ether oxygens (including phenoxy) is 1. The Bertz CT molecular complexity index is 1720. The number of carbonyl (C=O) groups is 2. The van der Waals surface area contributed by atoms with Crippen molar-refractivity contribution < 1.29 is 14.3 Å². The van der Waals surface area contributed by atoms with Crippen LogP contribution in [0.5, 0.6) is 0 Å². The minimum absolute atomic E-state index is 0.229. The molecule has 0 saturated heterocycles. The van der Waals surface area contributed by atoms with Gasteiger partial charge in [-0.3, -0.25) is 9.59 Å². The Kier molecular flexibility index (Phi) is 5.14. The fourth-order valence-electron chi connectivity index (χ4n) is 4.87. The van der Waals surface area contributed by atoms with Gasteiger partial charge < -0.3 is 14.6 Å². The number of aromatic amines is 1. The predicted molar refractivity (Wildman–Crippen MR) is 135 cm³/mol. The summed E-state index contributed by atoms with van der Waals surface area (Å²) in [6, 6.07) is 21.5. The number of rotatable bonds is 3. The van der Waals surface area contributed by atoms with Crippen molar-refractivity contribution in [3.05, 3.63) is 106 Å². The molecule has 2 aromatic heterocycles. The first-order valence-corrected chi connectivity index (χ1v) is 11.6. The second-order valence-corrected chi connectivity index (χ2v) is 8.76. The molecule has 0 spiro atoms. The predicted octanol–water partition coefficient (Wildman–Crippen LogP) is 3.85. The third kappa shape index (κ3) is 3.46. The standard InChI is InChI=1S/C28H22N4O4/c1-36-28(35)17-11-12-23-21(15-17)22-16-31(14-13-24(22)29-23)27(34)25-19-9-5-6-10-20(19)26(33)32(30-25)18-7-3-2-4-8-18/h2-12,15,29H,13-14,16H2,1H3. The van der Waals surface area contributed by atoms with Crippen molar-refractivity contribution in [1.82, 2.24) is 19.7 Å². The zero-order valence-corrected chi connectivity index (χ0v) is 19.5. The average molecular weight is 479 g/mol. The monoisotopic (exact) mass is 478 g/mol. The first-order valence-electron chi connectivity index (χ1n) is 11.6. The maximum absolute atomic E-state index is 13.9. The van der Waals surface area contributed by atoms with E-state index in [1.165, 1.54) is 11.8 Å². The summed E-state index contributed by atoms with van der Waals surface area (Å²) in [5.41, 5.74) is 3.92. The highest BCUT2D eigenvalue weighted by Crippen LogP contribution is 2.30. The summed E-state index contributed by atoms with van der Waals surface area (Å²) < 4.78 is 6.16.